The lowest BCUT2D eigenvalue weighted by atomic mass is 10.0. The number of anilines is 1. The summed E-state index contributed by atoms with van der Waals surface area (Å²) in [5.41, 5.74) is 1.65. The molecule has 0 bridgehead atoms. The Hall–Kier alpha value is -3.56. The fraction of sp³-hybridized carbons (Fsp3) is 0.212. The Morgan fingerprint density at radius 3 is 2.02 bits per heavy atom. The molecule has 230 valence electrons. The average molecular weight is 673 g/mol. The van der Waals surface area contributed by atoms with E-state index in [0.717, 1.165) is 9.87 Å². The molecule has 0 spiro atoms. The summed E-state index contributed by atoms with van der Waals surface area (Å²) in [5, 5.41) is 3.75. The fourth-order valence-corrected chi connectivity index (χ4v) is 6.59. The number of carbonyl (C=O) groups excluding carboxylic acids is 2. The zero-order valence-corrected chi connectivity index (χ0v) is 27.2. The molecule has 0 aliphatic rings. The molecule has 0 unspecified atom stereocenters. The molecule has 0 aliphatic heterocycles. The van der Waals surface area contributed by atoms with Crippen LogP contribution in [0.2, 0.25) is 15.1 Å². The highest BCUT2D eigenvalue weighted by molar-refractivity contribution is 7.92. The summed E-state index contributed by atoms with van der Waals surface area (Å²) in [6.45, 7) is 3.05. The minimum Gasteiger partial charge on any atom is -0.352 e. The lowest BCUT2D eigenvalue weighted by molar-refractivity contribution is -0.140. The lowest BCUT2D eigenvalue weighted by Crippen LogP contribution is -2.54. The maximum atomic E-state index is 14.4. The second-order valence-electron chi connectivity index (χ2n) is 10.4. The van der Waals surface area contributed by atoms with E-state index < -0.39 is 28.5 Å². The molecule has 0 fully saturated rings. The number of benzene rings is 4. The van der Waals surface area contributed by atoms with Crippen molar-refractivity contribution in [3.63, 3.8) is 0 Å². The lowest BCUT2D eigenvalue weighted by Gasteiger charge is -2.34. The van der Waals surface area contributed by atoms with Crippen LogP contribution in [0.15, 0.2) is 108 Å². The van der Waals surface area contributed by atoms with Crippen LogP contribution in [0.1, 0.15) is 25.0 Å². The summed E-state index contributed by atoms with van der Waals surface area (Å²) in [6, 6.07) is 27.3. The first-order valence-corrected chi connectivity index (χ1v) is 16.4. The number of nitrogens with one attached hydrogen (secondary N) is 1. The van der Waals surface area contributed by atoms with Gasteiger partial charge in [0.15, 0.2) is 0 Å². The number of carbonyl (C=O) groups is 2. The monoisotopic (exact) mass is 671 g/mol. The maximum absolute atomic E-state index is 14.4. The first kappa shape index (κ1) is 33.3. The standard InChI is InChI=1S/C33H32Cl3N3O4S/c1-23(2)37-33(41)31(19-24-10-5-3-6-11-24)38(21-25-12-9-13-26(34)18-25)32(40)22-39(27-16-17-29(35)30(36)20-27)44(42,43)28-14-7-4-8-15-28/h3-18,20,23,31H,19,21-22H2,1-2H3,(H,37,41)/t31-/m0/s1. The number of amides is 2. The van der Waals surface area contributed by atoms with E-state index in [1.165, 1.54) is 35.2 Å². The zero-order chi connectivity index (χ0) is 31.9. The van der Waals surface area contributed by atoms with Gasteiger partial charge in [-0.05, 0) is 67.4 Å². The van der Waals surface area contributed by atoms with Crippen molar-refractivity contribution in [1.82, 2.24) is 10.2 Å². The normalized spacial score (nSPS) is 12.0. The molecule has 4 aromatic rings. The van der Waals surface area contributed by atoms with Gasteiger partial charge in [-0.3, -0.25) is 13.9 Å². The summed E-state index contributed by atoms with van der Waals surface area (Å²) in [5.74, 6) is -0.971. The van der Waals surface area contributed by atoms with Crippen molar-refractivity contribution in [3.8, 4) is 0 Å². The highest BCUT2D eigenvalue weighted by Crippen LogP contribution is 2.31. The van der Waals surface area contributed by atoms with Crippen molar-refractivity contribution in [3.05, 3.63) is 129 Å². The van der Waals surface area contributed by atoms with Crippen LogP contribution in [-0.2, 0) is 32.6 Å². The predicted octanol–water partition coefficient (Wildman–Crippen LogP) is 7.01. The molecule has 11 heteroatoms. The zero-order valence-electron chi connectivity index (χ0n) is 24.2. The first-order valence-electron chi connectivity index (χ1n) is 13.9. The molecule has 1 N–H and O–H groups in total. The second kappa shape index (κ2) is 14.9. The van der Waals surface area contributed by atoms with E-state index in [0.29, 0.717) is 10.6 Å². The van der Waals surface area contributed by atoms with Crippen LogP contribution in [-0.4, -0.2) is 43.8 Å². The third kappa shape index (κ3) is 8.54. The van der Waals surface area contributed by atoms with Crippen molar-refractivity contribution < 1.29 is 18.0 Å². The largest absolute Gasteiger partial charge is 0.352 e. The number of rotatable bonds is 12. The Balaban J connectivity index is 1.82. The van der Waals surface area contributed by atoms with Gasteiger partial charge in [0.25, 0.3) is 10.0 Å². The van der Waals surface area contributed by atoms with E-state index in [9.17, 15) is 18.0 Å². The summed E-state index contributed by atoms with van der Waals surface area (Å²) in [4.78, 5) is 29.5. The van der Waals surface area contributed by atoms with Gasteiger partial charge in [0.1, 0.15) is 12.6 Å². The highest BCUT2D eigenvalue weighted by atomic mass is 35.5. The van der Waals surface area contributed by atoms with E-state index in [1.807, 2.05) is 44.2 Å². The third-order valence-electron chi connectivity index (χ3n) is 6.75. The molecule has 2 amide bonds. The van der Waals surface area contributed by atoms with Gasteiger partial charge in [-0.1, -0.05) is 95.5 Å². The molecule has 4 rings (SSSR count). The number of nitrogens with zero attached hydrogens (tertiary/aromatic N) is 2. The highest BCUT2D eigenvalue weighted by Gasteiger charge is 2.35. The predicted molar refractivity (Wildman–Crippen MR) is 177 cm³/mol. The topological polar surface area (TPSA) is 86.8 Å². The van der Waals surface area contributed by atoms with Crippen molar-refractivity contribution >= 4 is 62.3 Å². The van der Waals surface area contributed by atoms with Gasteiger partial charge < -0.3 is 10.2 Å². The molecule has 44 heavy (non-hydrogen) atoms. The van der Waals surface area contributed by atoms with Gasteiger partial charge in [0.2, 0.25) is 11.8 Å². The number of hydrogen-bond acceptors (Lipinski definition) is 4. The molecule has 0 aromatic heterocycles. The minimum absolute atomic E-state index is 0.00298. The summed E-state index contributed by atoms with van der Waals surface area (Å²) < 4.78 is 29.0. The van der Waals surface area contributed by atoms with Crippen LogP contribution >= 0.6 is 34.8 Å². The molecule has 1 atom stereocenters. The number of sulfonamides is 1. The van der Waals surface area contributed by atoms with Crippen LogP contribution in [0.4, 0.5) is 5.69 Å². The van der Waals surface area contributed by atoms with Gasteiger partial charge in [-0.25, -0.2) is 8.42 Å². The minimum atomic E-state index is -4.25. The fourth-order valence-electron chi connectivity index (χ4n) is 4.66. The van der Waals surface area contributed by atoms with Crippen molar-refractivity contribution in [2.45, 2.75) is 43.8 Å². The van der Waals surface area contributed by atoms with Crippen LogP contribution in [0, 0.1) is 0 Å². The molecule has 0 saturated heterocycles. The van der Waals surface area contributed by atoms with Crippen LogP contribution in [0.5, 0.6) is 0 Å². The second-order valence-corrected chi connectivity index (χ2v) is 13.6. The van der Waals surface area contributed by atoms with Gasteiger partial charge >= 0.3 is 0 Å². The molecule has 0 radical (unpaired) electrons. The summed E-state index contributed by atoms with van der Waals surface area (Å²) in [7, 11) is -4.25. The van der Waals surface area contributed by atoms with E-state index in [-0.39, 0.29) is 45.5 Å². The van der Waals surface area contributed by atoms with Crippen LogP contribution in [0.3, 0.4) is 0 Å². The SMILES string of the molecule is CC(C)NC(=O)[C@H](Cc1ccccc1)N(Cc1cccc(Cl)c1)C(=O)CN(c1ccc(Cl)c(Cl)c1)S(=O)(=O)c1ccccc1. The van der Waals surface area contributed by atoms with Gasteiger partial charge in [-0.15, -0.1) is 0 Å². The quantitative estimate of drug-likeness (QED) is 0.176. The summed E-state index contributed by atoms with van der Waals surface area (Å²) >= 11 is 18.7. The number of halogens is 3. The van der Waals surface area contributed by atoms with Crippen molar-refractivity contribution in [2.75, 3.05) is 10.8 Å². The van der Waals surface area contributed by atoms with E-state index in [4.69, 9.17) is 34.8 Å². The molecule has 0 aliphatic carbocycles. The van der Waals surface area contributed by atoms with Crippen molar-refractivity contribution in [2.24, 2.45) is 0 Å². The smallest absolute Gasteiger partial charge is 0.264 e. The maximum Gasteiger partial charge on any atom is 0.264 e. The molecule has 0 heterocycles. The molecule has 4 aromatic carbocycles. The Labute approximate surface area is 273 Å². The number of hydrogen-bond donors (Lipinski definition) is 1. The Morgan fingerprint density at radius 1 is 0.773 bits per heavy atom. The Bertz CT molecular complexity index is 1700. The average Bonchev–Trinajstić information content (AvgIpc) is 2.99. The van der Waals surface area contributed by atoms with Crippen LogP contribution in [0.25, 0.3) is 0 Å². The van der Waals surface area contributed by atoms with Gasteiger partial charge in [0, 0.05) is 24.0 Å². The molecule has 7 nitrogen and oxygen atoms in total. The first-order chi connectivity index (χ1) is 21.0. The summed E-state index contributed by atoms with van der Waals surface area (Å²) in [6.07, 6.45) is 0.198. The Morgan fingerprint density at radius 2 is 1.41 bits per heavy atom. The third-order valence-corrected chi connectivity index (χ3v) is 9.51. The molecular formula is C33H32Cl3N3O4S. The van der Waals surface area contributed by atoms with Crippen LogP contribution < -0.4 is 9.62 Å². The van der Waals surface area contributed by atoms with Crippen molar-refractivity contribution in [1.29, 1.82) is 0 Å². The van der Waals surface area contributed by atoms with Gasteiger partial charge in [0.05, 0.1) is 20.6 Å². The molecular weight excluding hydrogens is 641 g/mol. The van der Waals surface area contributed by atoms with E-state index >= 15 is 0 Å². The molecule has 0 saturated carbocycles. The van der Waals surface area contributed by atoms with Gasteiger partial charge in [-0.2, -0.15) is 0 Å². The van der Waals surface area contributed by atoms with E-state index in [2.05, 4.69) is 5.32 Å². The Kier molecular flexibility index (Phi) is 11.3. The van der Waals surface area contributed by atoms with E-state index in [1.54, 1.807) is 42.5 Å².